The lowest BCUT2D eigenvalue weighted by Gasteiger charge is -2.35. The number of nitrogens with one attached hydrogen (secondary N) is 2. The molecule has 3 rings (SSSR count). The van der Waals surface area contributed by atoms with Crippen LogP contribution in [0.3, 0.4) is 0 Å². The van der Waals surface area contributed by atoms with E-state index in [-0.39, 0.29) is 21.9 Å². The van der Waals surface area contributed by atoms with E-state index in [0.717, 1.165) is 23.5 Å². The molecule has 0 bridgehead atoms. The van der Waals surface area contributed by atoms with Gasteiger partial charge in [-0.25, -0.2) is 18.6 Å². The molecule has 1 fully saturated rings. The maximum Gasteiger partial charge on any atom is 0.411 e. The first-order chi connectivity index (χ1) is 12.6. The Bertz CT molecular complexity index is 881. The minimum Gasteiger partial charge on any atom is -0.444 e. The number of piperazine rings is 1. The summed E-state index contributed by atoms with van der Waals surface area (Å²) < 4.78 is 32.8. The first kappa shape index (κ1) is 19.4. The molecule has 1 aliphatic rings. The number of anilines is 1. The number of hydrogen-bond acceptors (Lipinski definition) is 6. The minimum atomic E-state index is -0.804. The summed E-state index contributed by atoms with van der Waals surface area (Å²) in [6, 6.07) is 1.09. The van der Waals surface area contributed by atoms with E-state index < -0.39 is 35.3 Å². The number of halogens is 2. The van der Waals surface area contributed by atoms with Crippen molar-refractivity contribution in [1.29, 1.82) is 0 Å². The first-order valence-electron chi connectivity index (χ1n) is 8.41. The maximum atomic E-state index is 13.8. The number of thiazole rings is 1. The Morgan fingerprint density at radius 1 is 1.37 bits per heavy atom. The zero-order valence-corrected chi connectivity index (χ0v) is 16.0. The highest BCUT2D eigenvalue weighted by molar-refractivity contribution is 7.22. The lowest BCUT2D eigenvalue weighted by Crippen LogP contribution is -2.59. The molecule has 7 nitrogen and oxygen atoms in total. The molecule has 2 amide bonds. The monoisotopic (exact) mass is 398 g/mol. The molecular formula is C17H20F2N4O3S. The minimum absolute atomic E-state index is 0.0116. The van der Waals surface area contributed by atoms with Crippen LogP contribution >= 0.6 is 11.3 Å². The number of amides is 2. The molecule has 1 unspecified atom stereocenters. The molecule has 2 aromatic rings. The van der Waals surface area contributed by atoms with Crippen LogP contribution in [-0.4, -0.2) is 53.2 Å². The molecule has 1 aromatic carbocycles. The van der Waals surface area contributed by atoms with Gasteiger partial charge in [-0.1, -0.05) is 11.3 Å². The van der Waals surface area contributed by atoms with Crippen molar-refractivity contribution in [3.8, 4) is 0 Å². The molecule has 1 atom stereocenters. The Morgan fingerprint density at radius 2 is 2.11 bits per heavy atom. The van der Waals surface area contributed by atoms with Gasteiger partial charge in [0.25, 0.3) is 0 Å². The van der Waals surface area contributed by atoms with E-state index in [2.05, 4.69) is 15.6 Å². The second-order valence-corrected chi connectivity index (χ2v) is 8.17. The average Bonchev–Trinajstić information content (AvgIpc) is 2.95. The molecule has 27 heavy (non-hydrogen) atoms. The molecule has 0 aliphatic carbocycles. The summed E-state index contributed by atoms with van der Waals surface area (Å²) in [4.78, 5) is 30.4. The molecule has 0 radical (unpaired) electrons. The molecular weight excluding hydrogens is 378 g/mol. The van der Waals surface area contributed by atoms with Gasteiger partial charge in [-0.15, -0.1) is 0 Å². The van der Waals surface area contributed by atoms with Crippen LogP contribution < -0.4 is 10.6 Å². The van der Waals surface area contributed by atoms with Gasteiger partial charge in [-0.05, 0) is 26.8 Å². The second-order valence-electron chi connectivity index (χ2n) is 7.14. The van der Waals surface area contributed by atoms with Crippen molar-refractivity contribution in [3.05, 3.63) is 23.8 Å². The summed E-state index contributed by atoms with van der Waals surface area (Å²) in [5.74, 6) is -1.99. The average molecular weight is 398 g/mol. The van der Waals surface area contributed by atoms with E-state index in [1.165, 1.54) is 4.90 Å². The van der Waals surface area contributed by atoms with Crippen LogP contribution in [0.15, 0.2) is 12.1 Å². The third-order valence-electron chi connectivity index (χ3n) is 3.82. The SMILES string of the molecule is CC(C)(C)OC(=O)N1CCNCC1C(=O)Nc1nc2c(F)cc(F)cc2s1. The molecule has 0 spiro atoms. The number of nitrogens with zero attached hydrogens (tertiary/aromatic N) is 2. The van der Waals surface area contributed by atoms with Crippen molar-refractivity contribution in [1.82, 2.24) is 15.2 Å². The normalized spacial score (nSPS) is 17.8. The number of fused-ring (bicyclic) bond motifs is 1. The Morgan fingerprint density at radius 3 is 2.81 bits per heavy atom. The van der Waals surface area contributed by atoms with E-state index in [1.54, 1.807) is 20.8 Å². The highest BCUT2D eigenvalue weighted by Gasteiger charge is 2.35. The van der Waals surface area contributed by atoms with Crippen molar-refractivity contribution < 1.29 is 23.1 Å². The summed E-state index contributed by atoms with van der Waals surface area (Å²) in [5, 5.41) is 5.77. The number of aromatic nitrogens is 1. The highest BCUT2D eigenvalue weighted by Crippen LogP contribution is 2.29. The van der Waals surface area contributed by atoms with Gasteiger partial charge in [-0.2, -0.15) is 0 Å². The van der Waals surface area contributed by atoms with Crippen LogP contribution in [0, 0.1) is 11.6 Å². The van der Waals surface area contributed by atoms with Crippen LogP contribution in [0.4, 0.5) is 18.7 Å². The van der Waals surface area contributed by atoms with Gasteiger partial charge in [0.1, 0.15) is 23.0 Å². The fraction of sp³-hybridized carbons (Fsp3) is 0.471. The number of hydrogen-bond donors (Lipinski definition) is 2. The zero-order chi connectivity index (χ0) is 19.8. The van der Waals surface area contributed by atoms with Crippen molar-refractivity contribution in [3.63, 3.8) is 0 Å². The van der Waals surface area contributed by atoms with Crippen LogP contribution in [0.1, 0.15) is 20.8 Å². The summed E-state index contributed by atoms with van der Waals surface area (Å²) in [6.45, 7) is 6.34. The molecule has 1 aromatic heterocycles. The van der Waals surface area contributed by atoms with E-state index >= 15 is 0 Å². The molecule has 2 heterocycles. The predicted molar refractivity (Wildman–Crippen MR) is 97.8 cm³/mol. The summed E-state index contributed by atoms with van der Waals surface area (Å²) in [7, 11) is 0. The standard InChI is InChI=1S/C17H20F2N4O3S/c1-17(2,3)26-16(25)23-5-4-20-8-11(23)14(24)22-15-21-13-10(19)6-9(18)7-12(13)27-15/h6-7,11,20H,4-5,8H2,1-3H3,(H,21,22,24). The first-order valence-corrected chi connectivity index (χ1v) is 9.22. The van der Waals surface area contributed by atoms with Gasteiger partial charge in [0.2, 0.25) is 5.91 Å². The van der Waals surface area contributed by atoms with Crippen LogP contribution in [0.25, 0.3) is 10.2 Å². The van der Waals surface area contributed by atoms with Crippen LogP contribution in [-0.2, 0) is 9.53 Å². The molecule has 1 saturated heterocycles. The smallest absolute Gasteiger partial charge is 0.411 e. The summed E-state index contributed by atoms with van der Waals surface area (Å²) >= 11 is 0.959. The van der Waals surface area contributed by atoms with Crippen molar-refractivity contribution >= 4 is 38.7 Å². The van der Waals surface area contributed by atoms with Gasteiger partial charge in [0.15, 0.2) is 10.9 Å². The number of carbonyl (C=O) groups excluding carboxylic acids is 2. The van der Waals surface area contributed by atoms with E-state index in [9.17, 15) is 18.4 Å². The van der Waals surface area contributed by atoms with Crippen LogP contribution in [0.2, 0.25) is 0 Å². The Labute approximate surface area is 158 Å². The van der Waals surface area contributed by atoms with Gasteiger partial charge in [0, 0.05) is 25.7 Å². The van der Waals surface area contributed by atoms with Gasteiger partial charge in [-0.3, -0.25) is 9.69 Å². The fourth-order valence-corrected chi connectivity index (χ4v) is 3.59. The van der Waals surface area contributed by atoms with E-state index in [1.807, 2.05) is 0 Å². The number of ether oxygens (including phenoxy) is 1. The van der Waals surface area contributed by atoms with Gasteiger partial charge in [0.05, 0.1) is 4.70 Å². The quantitative estimate of drug-likeness (QED) is 0.813. The number of carbonyl (C=O) groups is 2. The molecule has 1 aliphatic heterocycles. The predicted octanol–water partition coefficient (Wildman–Crippen LogP) is 2.72. The highest BCUT2D eigenvalue weighted by atomic mass is 32.1. The lowest BCUT2D eigenvalue weighted by atomic mass is 10.2. The second kappa shape index (κ2) is 7.35. The Balaban J connectivity index is 1.77. The van der Waals surface area contributed by atoms with Crippen molar-refractivity contribution in [2.45, 2.75) is 32.4 Å². The van der Waals surface area contributed by atoms with E-state index in [4.69, 9.17) is 4.74 Å². The zero-order valence-electron chi connectivity index (χ0n) is 15.1. The van der Waals surface area contributed by atoms with Crippen molar-refractivity contribution in [2.75, 3.05) is 25.0 Å². The van der Waals surface area contributed by atoms with E-state index in [0.29, 0.717) is 13.1 Å². The Hall–Kier alpha value is -2.33. The number of rotatable bonds is 2. The molecule has 2 N–H and O–H groups in total. The van der Waals surface area contributed by atoms with Crippen LogP contribution in [0.5, 0.6) is 0 Å². The lowest BCUT2D eigenvalue weighted by molar-refractivity contribution is -0.121. The summed E-state index contributed by atoms with van der Waals surface area (Å²) in [6.07, 6.45) is -0.582. The third kappa shape index (κ3) is 4.51. The van der Waals surface area contributed by atoms with Gasteiger partial charge < -0.3 is 15.4 Å². The maximum absolute atomic E-state index is 13.8. The largest absolute Gasteiger partial charge is 0.444 e. The third-order valence-corrected chi connectivity index (χ3v) is 4.74. The fourth-order valence-electron chi connectivity index (χ4n) is 2.68. The molecule has 0 saturated carbocycles. The molecule has 10 heteroatoms. The van der Waals surface area contributed by atoms with Crippen molar-refractivity contribution in [2.24, 2.45) is 0 Å². The Kier molecular flexibility index (Phi) is 5.29. The summed E-state index contributed by atoms with van der Waals surface area (Å²) in [5.41, 5.74) is -0.695. The topological polar surface area (TPSA) is 83.6 Å². The van der Waals surface area contributed by atoms with Gasteiger partial charge >= 0.3 is 6.09 Å². The number of benzene rings is 1. The molecule has 146 valence electrons.